The Hall–Kier alpha value is -5.18. The maximum absolute atomic E-state index is 15.5. The highest BCUT2D eigenvalue weighted by atomic mass is 19.1. The summed E-state index contributed by atoms with van der Waals surface area (Å²) >= 11 is 0. The summed E-state index contributed by atoms with van der Waals surface area (Å²) in [5.74, 6) is -0.642. The summed E-state index contributed by atoms with van der Waals surface area (Å²) in [4.78, 5) is 24.6. The van der Waals surface area contributed by atoms with Gasteiger partial charge in [-0.1, -0.05) is 30.3 Å². The first-order valence-corrected chi connectivity index (χ1v) is 13.7. The number of hydrogen-bond donors (Lipinski definition) is 1. The van der Waals surface area contributed by atoms with E-state index in [1.807, 2.05) is 4.57 Å². The van der Waals surface area contributed by atoms with Crippen LogP contribution in [0.5, 0.6) is 5.88 Å². The second kappa shape index (κ2) is 13.4. The lowest BCUT2D eigenvalue weighted by molar-refractivity contribution is 0.0601. The van der Waals surface area contributed by atoms with E-state index in [0.717, 1.165) is 6.07 Å². The Kier molecular flexibility index (Phi) is 9.23. The predicted molar refractivity (Wildman–Crippen MR) is 160 cm³/mol. The summed E-state index contributed by atoms with van der Waals surface area (Å²) in [6, 6.07) is 19.1. The molecule has 9 nitrogen and oxygen atoms in total. The van der Waals surface area contributed by atoms with Crippen LogP contribution in [-0.2, 0) is 29.0 Å². The third-order valence-corrected chi connectivity index (χ3v) is 7.19. The zero-order valence-corrected chi connectivity index (χ0v) is 24.1. The molecule has 0 aliphatic rings. The van der Waals surface area contributed by atoms with Crippen molar-refractivity contribution in [1.82, 2.24) is 14.5 Å². The van der Waals surface area contributed by atoms with E-state index >= 15 is 4.39 Å². The van der Waals surface area contributed by atoms with Crippen LogP contribution >= 0.6 is 0 Å². The second-order valence-electron chi connectivity index (χ2n) is 9.95. The molecule has 0 aliphatic heterocycles. The number of carbonyl (C=O) groups is 1. The molecule has 11 heteroatoms. The molecule has 0 spiro atoms. The summed E-state index contributed by atoms with van der Waals surface area (Å²) in [5, 5.41) is 0. The molecule has 2 N–H and O–H groups in total. The molecule has 2 heterocycles. The first kappa shape index (κ1) is 30.3. The average Bonchev–Trinajstić information content (AvgIpc) is 3.39. The largest absolute Gasteiger partial charge is 0.473 e. The smallest absolute Gasteiger partial charge is 0.337 e. The molecule has 0 amide bonds. The molecule has 44 heavy (non-hydrogen) atoms. The highest BCUT2D eigenvalue weighted by molar-refractivity contribution is 5.93. The van der Waals surface area contributed by atoms with E-state index in [2.05, 4.69) is 9.83 Å². The number of esters is 1. The lowest BCUT2D eigenvalue weighted by Gasteiger charge is -2.17. The average molecular weight is 598 g/mol. The molecule has 224 valence electrons. The number of imidazole rings is 1. The van der Waals surface area contributed by atoms with Gasteiger partial charge in [0, 0.05) is 37.3 Å². The van der Waals surface area contributed by atoms with Crippen LogP contribution in [-0.4, -0.2) is 47.4 Å². The van der Waals surface area contributed by atoms with Gasteiger partial charge in [0.2, 0.25) is 5.88 Å². The number of fused-ring (bicyclic) bond motifs is 1. The topological polar surface area (TPSA) is 106 Å². The quantitative estimate of drug-likeness (QED) is 0.150. The van der Waals surface area contributed by atoms with Gasteiger partial charge in [-0.25, -0.2) is 28.4 Å². The number of rotatable bonds is 11. The third-order valence-electron chi connectivity index (χ3n) is 7.19. The van der Waals surface area contributed by atoms with Crippen molar-refractivity contribution in [2.75, 3.05) is 20.8 Å². The van der Waals surface area contributed by atoms with Crippen LogP contribution in [0.3, 0.4) is 0 Å². The first-order valence-electron chi connectivity index (χ1n) is 13.7. The van der Waals surface area contributed by atoms with Crippen molar-refractivity contribution in [3.05, 3.63) is 118 Å². The molecule has 5 aromatic rings. The Morgan fingerprint density at radius 1 is 1.00 bits per heavy atom. The molecule has 0 aliphatic carbocycles. The molecule has 0 radical (unpaired) electrons. The van der Waals surface area contributed by atoms with E-state index in [4.69, 9.17) is 31.5 Å². The Morgan fingerprint density at radius 2 is 1.80 bits per heavy atom. The zero-order valence-electron chi connectivity index (χ0n) is 24.1. The van der Waals surface area contributed by atoms with Crippen molar-refractivity contribution in [3.63, 3.8) is 0 Å². The Morgan fingerprint density at radius 3 is 2.50 bits per heavy atom. The first-order chi connectivity index (χ1) is 21.3. The van der Waals surface area contributed by atoms with Gasteiger partial charge >= 0.3 is 5.97 Å². The predicted octanol–water partition coefficient (Wildman–Crippen LogP) is 5.86. The summed E-state index contributed by atoms with van der Waals surface area (Å²) in [6.45, 7) is 7.53. The molecule has 3 aromatic carbocycles. The Balaban J connectivity index is 1.39. The van der Waals surface area contributed by atoms with Crippen LogP contribution in [0.2, 0.25) is 0 Å². The summed E-state index contributed by atoms with van der Waals surface area (Å²) in [6.07, 6.45) is -0.153. The van der Waals surface area contributed by atoms with Crippen molar-refractivity contribution in [1.29, 1.82) is 0 Å². The number of ether oxygens (including phenoxy) is 3. The molecule has 1 unspecified atom stereocenters. The molecule has 0 saturated heterocycles. The van der Waals surface area contributed by atoms with Gasteiger partial charge in [-0.3, -0.25) is 0 Å². The number of benzene rings is 3. The van der Waals surface area contributed by atoms with Crippen LogP contribution in [0.4, 0.5) is 14.5 Å². The van der Waals surface area contributed by atoms with E-state index < -0.39 is 17.6 Å². The van der Waals surface area contributed by atoms with E-state index in [0.29, 0.717) is 45.8 Å². The summed E-state index contributed by atoms with van der Waals surface area (Å²) in [7, 11) is 2.88. The van der Waals surface area contributed by atoms with Crippen molar-refractivity contribution in [2.45, 2.75) is 25.7 Å². The minimum Gasteiger partial charge on any atom is -0.473 e. The van der Waals surface area contributed by atoms with Crippen LogP contribution in [0.15, 0.2) is 72.8 Å². The van der Waals surface area contributed by atoms with Gasteiger partial charge in [0.25, 0.3) is 0 Å². The maximum atomic E-state index is 15.5. The van der Waals surface area contributed by atoms with Gasteiger partial charge in [-0.2, -0.15) is 0 Å². The van der Waals surface area contributed by atoms with E-state index in [1.54, 1.807) is 55.6 Å². The van der Waals surface area contributed by atoms with Gasteiger partial charge in [0.15, 0.2) is 5.69 Å². The highest BCUT2D eigenvalue weighted by Gasteiger charge is 2.19. The minimum atomic E-state index is -0.537. The zero-order chi connectivity index (χ0) is 31.2. The summed E-state index contributed by atoms with van der Waals surface area (Å²) < 4.78 is 47.7. The van der Waals surface area contributed by atoms with Gasteiger partial charge in [0.05, 0.1) is 48.6 Å². The second-order valence-corrected chi connectivity index (χ2v) is 9.95. The summed E-state index contributed by atoms with van der Waals surface area (Å²) in [5.41, 5.74) is 9.48. The maximum Gasteiger partial charge on any atom is 0.337 e. The Bertz CT molecular complexity index is 1860. The fraction of sp³-hybridized carbons (Fsp3) is 0.212. The molecule has 0 bridgehead atoms. The lowest BCUT2D eigenvalue weighted by atomic mass is 10.1. The lowest BCUT2D eigenvalue weighted by Crippen LogP contribution is -2.28. The van der Waals surface area contributed by atoms with Gasteiger partial charge < -0.3 is 24.5 Å². The van der Waals surface area contributed by atoms with Crippen LogP contribution < -0.4 is 10.5 Å². The minimum absolute atomic E-state index is 0.0793. The van der Waals surface area contributed by atoms with Crippen LogP contribution in [0.1, 0.15) is 27.3 Å². The van der Waals surface area contributed by atoms with Crippen molar-refractivity contribution in [2.24, 2.45) is 5.73 Å². The number of methoxy groups -OCH3 is 2. The number of hydrogen-bond acceptors (Lipinski definition) is 7. The molecule has 5 rings (SSSR count). The molecule has 2 aromatic heterocycles. The third kappa shape index (κ3) is 6.57. The van der Waals surface area contributed by atoms with Crippen molar-refractivity contribution >= 4 is 22.7 Å². The fourth-order valence-corrected chi connectivity index (χ4v) is 4.76. The number of pyridine rings is 1. The molecule has 0 fully saturated rings. The molecule has 1 atom stereocenters. The molecule has 0 saturated carbocycles. The molecular formula is C33H29F2N5O4. The molecular weight excluding hydrogens is 568 g/mol. The number of aromatic nitrogens is 3. The van der Waals surface area contributed by atoms with Crippen LogP contribution in [0.25, 0.3) is 27.1 Å². The van der Waals surface area contributed by atoms with E-state index in [-0.39, 0.29) is 42.8 Å². The van der Waals surface area contributed by atoms with E-state index in [1.165, 1.54) is 25.3 Å². The number of carbonyl (C=O) groups excluding carboxylic acids is 1. The standard InChI is InChI=1S/C33H29F2N5O4/c1-37-24-11-9-23(27(35)16-24)19-44-32-6-4-5-28(39-32)21-8-7-20(26(34)13-21)15-31-38-29-12-10-22(33(41)43-3)14-30(29)40(31)18-25(17-36)42-2/h4-14,16,25H,15,17-19,36H2,2-3H3. The highest BCUT2D eigenvalue weighted by Crippen LogP contribution is 2.27. The van der Waals surface area contributed by atoms with Crippen LogP contribution in [0, 0.1) is 18.2 Å². The Labute approximate surface area is 252 Å². The van der Waals surface area contributed by atoms with Gasteiger partial charge in [0.1, 0.15) is 24.1 Å². The van der Waals surface area contributed by atoms with E-state index in [9.17, 15) is 9.18 Å². The fourth-order valence-electron chi connectivity index (χ4n) is 4.76. The van der Waals surface area contributed by atoms with Gasteiger partial charge in [-0.05, 0) is 42.0 Å². The monoisotopic (exact) mass is 597 g/mol. The van der Waals surface area contributed by atoms with Gasteiger partial charge in [-0.15, -0.1) is 0 Å². The number of halogens is 2. The number of nitrogens with zero attached hydrogens (tertiary/aromatic N) is 4. The SMILES string of the molecule is [C-]#[N+]c1ccc(COc2cccc(-c3ccc(Cc4nc5ccc(C(=O)OC)cc5n4CC(CN)OC)c(F)c3)n2)c(F)c1. The number of nitrogens with two attached hydrogens (primary N) is 1. The van der Waals surface area contributed by atoms with Crippen molar-refractivity contribution in [3.8, 4) is 17.1 Å². The normalized spacial score (nSPS) is 11.7. The van der Waals surface area contributed by atoms with Crippen molar-refractivity contribution < 1.29 is 27.8 Å².